The van der Waals surface area contributed by atoms with Crippen LogP contribution in [0, 0.1) is 3.57 Å². The Bertz CT molecular complexity index is 966. The Morgan fingerprint density at radius 3 is 2.62 bits per heavy atom. The standard InChI is InChI=1S/C19H17IN4O2/c1-25-14-7-8-18(26-2)15(9-14)17-10-16(12-3-5-13(20)6-4-12)23-19-21-11-22-24(17)19/h3-11,17H,1-2H3,(H,21,22,23). The van der Waals surface area contributed by atoms with Crippen molar-refractivity contribution in [2.45, 2.75) is 6.04 Å². The molecule has 2 heterocycles. The number of benzene rings is 2. The van der Waals surface area contributed by atoms with Crippen LogP contribution < -0.4 is 14.8 Å². The summed E-state index contributed by atoms with van der Waals surface area (Å²) in [5.74, 6) is 2.23. The minimum atomic E-state index is -0.159. The zero-order valence-corrected chi connectivity index (χ0v) is 16.5. The van der Waals surface area contributed by atoms with Gasteiger partial charge in [0.2, 0.25) is 5.95 Å². The molecule has 26 heavy (non-hydrogen) atoms. The van der Waals surface area contributed by atoms with Crippen LogP contribution in [0.15, 0.2) is 54.9 Å². The molecule has 3 aromatic rings. The zero-order chi connectivity index (χ0) is 18.1. The molecule has 0 saturated heterocycles. The van der Waals surface area contributed by atoms with Crippen molar-refractivity contribution in [1.29, 1.82) is 0 Å². The van der Waals surface area contributed by atoms with Crippen LogP contribution in [0.5, 0.6) is 11.5 Å². The smallest absolute Gasteiger partial charge is 0.226 e. The molecule has 0 fully saturated rings. The van der Waals surface area contributed by atoms with Crippen molar-refractivity contribution in [3.05, 3.63) is 69.6 Å². The molecule has 0 radical (unpaired) electrons. The second-order valence-electron chi connectivity index (χ2n) is 5.79. The molecule has 1 N–H and O–H groups in total. The van der Waals surface area contributed by atoms with Crippen LogP contribution in [0.4, 0.5) is 5.95 Å². The van der Waals surface area contributed by atoms with E-state index in [1.807, 2.05) is 22.9 Å². The maximum absolute atomic E-state index is 5.58. The van der Waals surface area contributed by atoms with Crippen LogP contribution in [0.3, 0.4) is 0 Å². The van der Waals surface area contributed by atoms with Gasteiger partial charge in [0, 0.05) is 14.8 Å². The fraction of sp³-hybridized carbons (Fsp3) is 0.158. The first-order chi connectivity index (χ1) is 12.7. The predicted molar refractivity (Wildman–Crippen MR) is 108 cm³/mol. The van der Waals surface area contributed by atoms with Crippen molar-refractivity contribution in [2.24, 2.45) is 0 Å². The fourth-order valence-electron chi connectivity index (χ4n) is 3.02. The molecule has 2 aromatic carbocycles. The van der Waals surface area contributed by atoms with Crippen LogP contribution in [0.1, 0.15) is 17.2 Å². The highest BCUT2D eigenvalue weighted by molar-refractivity contribution is 14.1. The molecule has 7 heteroatoms. The first kappa shape index (κ1) is 16.9. The van der Waals surface area contributed by atoms with Gasteiger partial charge >= 0.3 is 0 Å². The lowest BCUT2D eigenvalue weighted by Gasteiger charge is -2.25. The van der Waals surface area contributed by atoms with Gasteiger partial charge < -0.3 is 14.8 Å². The van der Waals surface area contributed by atoms with E-state index in [9.17, 15) is 0 Å². The number of rotatable bonds is 4. The Balaban J connectivity index is 1.85. The summed E-state index contributed by atoms with van der Waals surface area (Å²) in [7, 11) is 3.32. The second kappa shape index (κ2) is 6.99. The van der Waals surface area contributed by atoms with E-state index in [0.29, 0.717) is 5.95 Å². The van der Waals surface area contributed by atoms with E-state index in [1.54, 1.807) is 20.5 Å². The Morgan fingerprint density at radius 1 is 1.08 bits per heavy atom. The average Bonchev–Trinajstić information content (AvgIpc) is 3.16. The number of fused-ring (bicyclic) bond motifs is 1. The molecule has 132 valence electrons. The first-order valence-corrected chi connectivity index (χ1v) is 9.13. The third-order valence-corrected chi connectivity index (χ3v) is 5.04. The highest BCUT2D eigenvalue weighted by atomic mass is 127. The minimum Gasteiger partial charge on any atom is -0.497 e. The Labute approximate surface area is 165 Å². The van der Waals surface area contributed by atoms with Crippen LogP contribution >= 0.6 is 22.6 Å². The minimum absolute atomic E-state index is 0.159. The van der Waals surface area contributed by atoms with Crippen molar-refractivity contribution in [3.8, 4) is 11.5 Å². The normalized spacial score (nSPS) is 15.7. The molecular weight excluding hydrogens is 443 g/mol. The van der Waals surface area contributed by atoms with Crippen molar-refractivity contribution < 1.29 is 9.47 Å². The average molecular weight is 460 g/mol. The van der Waals surface area contributed by atoms with Crippen LogP contribution in [0.25, 0.3) is 5.70 Å². The summed E-state index contributed by atoms with van der Waals surface area (Å²) < 4.78 is 14.0. The van der Waals surface area contributed by atoms with Gasteiger partial charge in [0.15, 0.2) is 0 Å². The number of hydrogen-bond acceptors (Lipinski definition) is 5. The molecule has 4 rings (SSSR count). The van der Waals surface area contributed by atoms with Crippen molar-refractivity contribution in [1.82, 2.24) is 14.8 Å². The number of nitrogens with zero attached hydrogens (tertiary/aromatic N) is 3. The molecule has 0 spiro atoms. The molecule has 0 bridgehead atoms. The van der Waals surface area contributed by atoms with E-state index in [4.69, 9.17) is 9.47 Å². The topological polar surface area (TPSA) is 61.2 Å². The molecule has 1 atom stereocenters. The molecule has 1 aliphatic heterocycles. The van der Waals surface area contributed by atoms with Gasteiger partial charge in [0.05, 0.1) is 14.2 Å². The second-order valence-corrected chi connectivity index (χ2v) is 7.04. The highest BCUT2D eigenvalue weighted by Crippen LogP contribution is 2.37. The maximum atomic E-state index is 5.58. The summed E-state index contributed by atoms with van der Waals surface area (Å²) >= 11 is 2.30. The van der Waals surface area contributed by atoms with Crippen molar-refractivity contribution in [2.75, 3.05) is 19.5 Å². The van der Waals surface area contributed by atoms with Gasteiger partial charge in [-0.2, -0.15) is 10.1 Å². The number of hydrogen-bond donors (Lipinski definition) is 1. The third kappa shape index (κ3) is 3.03. The van der Waals surface area contributed by atoms with Crippen molar-refractivity contribution in [3.63, 3.8) is 0 Å². The van der Waals surface area contributed by atoms with Gasteiger partial charge in [-0.15, -0.1) is 0 Å². The monoisotopic (exact) mass is 460 g/mol. The number of anilines is 1. The Kier molecular flexibility index (Phi) is 4.54. The zero-order valence-electron chi connectivity index (χ0n) is 14.3. The van der Waals surface area contributed by atoms with E-state index in [0.717, 1.165) is 28.3 Å². The molecule has 0 amide bonds. The number of methoxy groups -OCH3 is 2. The van der Waals surface area contributed by atoms with Crippen molar-refractivity contribution >= 4 is 34.2 Å². The summed E-state index contributed by atoms with van der Waals surface area (Å²) in [4.78, 5) is 4.35. The summed E-state index contributed by atoms with van der Waals surface area (Å²) in [6.07, 6.45) is 3.67. The van der Waals surface area contributed by atoms with E-state index in [2.05, 4.69) is 68.3 Å². The van der Waals surface area contributed by atoms with E-state index < -0.39 is 0 Å². The summed E-state index contributed by atoms with van der Waals surface area (Å²) in [6, 6.07) is 14.0. The SMILES string of the molecule is COc1ccc(OC)c(C2C=C(c3ccc(I)cc3)Nc3ncnn32)c1. The van der Waals surface area contributed by atoms with E-state index in [1.165, 1.54) is 3.57 Å². The molecular formula is C19H17IN4O2. The predicted octanol–water partition coefficient (Wildman–Crippen LogP) is 3.96. The summed E-state index contributed by atoms with van der Waals surface area (Å²) in [5.41, 5.74) is 3.03. The number of allylic oxidation sites excluding steroid dienone is 1. The Hall–Kier alpha value is -2.55. The Morgan fingerprint density at radius 2 is 1.88 bits per heavy atom. The number of aromatic nitrogens is 3. The van der Waals surface area contributed by atoms with Gasteiger partial charge in [0.25, 0.3) is 0 Å². The fourth-order valence-corrected chi connectivity index (χ4v) is 3.38. The van der Waals surface area contributed by atoms with E-state index in [-0.39, 0.29) is 6.04 Å². The lowest BCUT2D eigenvalue weighted by atomic mass is 10.0. The number of halogens is 1. The molecule has 1 aliphatic rings. The lowest BCUT2D eigenvalue weighted by Crippen LogP contribution is -2.20. The third-order valence-electron chi connectivity index (χ3n) is 4.32. The molecule has 0 saturated carbocycles. The quantitative estimate of drug-likeness (QED) is 0.598. The largest absolute Gasteiger partial charge is 0.497 e. The van der Waals surface area contributed by atoms with Crippen LogP contribution in [0.2, 0.25) is 0 Å². The van der Waals surface area contributed by atoms with Gasteiger partial charge in [-0.3, -0.25) is 0 Å². The summed E-state index contributed by atoms with van der Waals surface area (Å²) in [6.45, 7) is 0. The first-order valence-electron chi connectivity index (χ1n) is 8.06. The van der Waals surface area contributed by atoms with E-state index >= 15 is 0 Å². The van der Waals surface area contributed by atoms with Gasteiger partial charge in [0.1, 0.15) is 23.9 Å². The van der Waals surface area contributed by atoms with Gasteiger partial charge in [-0.1, -0.05) is 12.1 Å². The molecule has 6 nitrogen and oxygen atoms in total. The number of nitrogens with one attached hydrogen (secondary N) is 1. The van der Waals surface area contributed by atoms with Crippen LogP contribution in [-0.4, -0.2) is 29.0 Å². The lowest BCUT2D eigenvalue weighted by molar-refractivity contribution is 0.394. The van der Waals surface area contributed by atoms with Crippen LogP contribution in [-0.2, 0) is 0 Å². The maximum Gasteiger partial charge on any atom is 0.226 e. The molecule has 1 unspecified atom stereocenters. The highest BCUT2D eigenvalue weighted by Gasteiger charge is 2.26. The van der Waals surface area contributed by atoms with Gasteiger partial charge in [-0.25, -0.2) is 4.68 Å². The molecule has 0 aliphatic carbocycles. The summed E-state index contributed by atoms with van der Waals surface area (Å²) in [5, 5.41) is 7.74. The van der Waals surface area contributed by atoms with Gasteiger partial charge in [-0.05, 0) is 64.6 Å². The molecule has 1 aromatic heterocycles. The number of ether oxygens (including phenoxy) is 2.